The lowest BCUT2D eigenvalue weighted by molar-refractivity contribution is 0.113. The molecule has 1 N–H and O–H groups in total. The molecule has 0 spiro atoms. The highest BCUT2D eigenvalue weighted by molar-refractivity contribution is 5.65. The average molecular weight is 292 g/mol. The third-order valence-corrected chi connectivity index (χ3v) is 4.40. The van der Waals surface area contributed by atoms with Crippen LogP contribution in [0.15, 0.2) is 18.2 Å². The van der Waals surface area contributed by atoms with Crippen LogP contribution in [-0.4, -0.2) is 62.0 Å². The number of hydrogen-bond donors (Lipinski definition) is 1. The van der Waals surface area contributed by atoms with Crippen molar-refractivity contribution in [2.24, 2.45) is 0 Å². The number of anilines is 1. The van der Waals surface area contributed by atoms with Crippen molar-refractivity contribution in [1.82, 2.24) is 4.90 Å². The summed E-state index contributed by atoms with van der Waals surface area (Å²) in [5.74, 6) is 1.73. The first-order valence-electron chi connectivity index (χ1n) is 7.82. The van der Waals surface area contributed by atoms with E-state index in [0.717, 1.165) is 49.8 Å². The first-order chi connectivity index (χ1) is 10.3. The monoisotopic (exact) mass is 292 g/mol. The van der Waals surface area contributed by atoms with E-state index in [1.165, 1.54) is 0 Å². The van der Waals surface area contributed by atoms with E-state index >= 15 is 0 Å². The Bertz CT molecular complexity index is 469. The zero-order valence-corrected chi connectivity index (χ0v) is 12.6. The maximum absolute atomic E-state index is 9.43. The van der Waals surface area contributed by atoms with Crippen LogP contribution in [0.2, 0.25) is 0 Å². The van der Waals surface area contributed by atoms with Gasteiger partial charge in [-0.3, -0.25) is 4.90 Å². The zero-order chi connectivity index (χ0) is 14.7. The molecule has 1 aromatic rings. The Labute approximate surface area is 126 Å². The van der Waals surface area contributed by atoms with Gasteiger partial charge in [0.1, 0.15) is 13.2 Å². The normalized spacial score (nSPS) is 20.4. The van der Waals surface area contributed by atoms with Crippen molar-refractivity contribution in [2.45, 2.75) is 19.4 Å². The van der Waals surface area contributed by atoms with Crippen LogP contribution >= 0.6 is 0 Å². The summed E-state index contributed by atoms with van der Waals surface area (Å²) < 4.78 is 11.5. The van der Waals surface area contributed by atoms with Gasteiger partial charge in [0.2, 0.25) is 0 Å². The second-order valence-corrected chi connectivity index (χ2v) is 5.57. The molecule has 0 amide bonds. The molecule has 1 fully saturated rings. The van der Waals surface area contributed by atoms with Crippen LogP contribution < -0.4 is 14.4 Å². The predicted octanol–water partition coefficient (Wildman–Crippen LogP) is 1.35. The number of ether oxygens (including phenoxy) is 2. The number of fused-ring (bicyclic) bond motifs is 1. The summed E-state index contributed by atoms with van der Waals surface area (Å²) in [7, 11) is 0. The summed E-state index contributed by atoms with van der Waals surface area (Å²) in [5, 5.41) is 9.43. The largest absolute Gasteiger partial charge is 0.486 e. The smallest absolute Gasteiger partial charge is 0.184 e. The van der Waals surface area contributed by atoms with Gasteiger partial charge in [0.15, 0.2) is 11.5 Å². The summed E-state index contributed by atoms with van der Waals surface area (Å²) in [6.07, 6.45) is 0.994. The number of piperazine rings is 1. The molecule has 1 aromatic carbocycles. The zero-order valence-electron chi connectivity index (χ0n) is 12.6. The number of nitrogens with zero attached hydrogens (tertiary/aromatic N) is 2. The molecule has 1 atom stereocenters. The van der Waals surface area contributed by atoms with Crippen LogP contribution in [-0.2, 0) is 0 Å². The van der Waals surface area contributed by atoms with E-state index in [1.54, 1.807) is 0 Å². The van der Waals surface area contributed by atoms with Gasteiger partial charge >= 0.3 is 0 Å². The summed E-state index contributed by atoms with van der Waals surface area (Å²) in [6, 6.07) is 6.38. The summed E-state index contributed by atoms with van der Waals surface area (Å²) in [6.45, 7) is 7.48. The molecule has 2 heterocycles. The lowest BCUT2D eigenvalue weighted by atomic mass is 10.1. The second-order valence-electron chi connectivity index (χ2n) is 5.57. The molecule has 2 aliphatic rings. The molecule has 0 bridgehead atoms. The minimum absolute atomic E-state index is 0.244. The molecule has 0 aliphatic carbocycles. The average Bonchev–Trinajstić information content (AvgIpc) is 2.56. The van der Waals surface area contributed by atoms with Gasteiger partial charge in [0.25, 0.3) is 0 Å². The van der Waals surface area contributed by atoms with Crippen molar-refractivity contribution in [3.05, 3.63) is 18.2 Å². The minimum atomic E-state index is 0.244. The SMILES string of the molecule is CC[C@H](CO)N1CCN(c2cccc3c2OCCO3)CC1. The van der Waals surface area contributed by atoms with Crippen molar-refractivity contribution in [3.63, 3.8) is 0 Å². The highest BCUT2D eigenvalue weighted by atomic mass is 16.6. The van der Waals surface area contributed by atoms with Gasteiger partial charge in [-0.05, 0) is 18.6 Å². The Morgan fingerprint density at radius 2 is 1.90 bits per heavy atom. The first kappa shape index (κ1) is 14.5. The van der Waals surface area contributed by atoms with Gasteiger partial charge in [-0.25, -0.2) is 0 Å². The molecule has 3 rings (SSSR count). The van der Waals surface area contributed by atoms with Gasteiger partial charge in [-0.1, -0.05) is 13.0 Å². The van der Waals surface area contributed by atoms with E-state index in [-0.39, 0.29) is 12.6 Å². The highest BCUT2D eigenvalue weighted by Crippen LogP contribution is 2.39. The molecule has 0 aromatic heterocycles. The topological polar surface area (TPSA) is 45.2 Å². The highest BCUT2D eigenvalue weighted by Gasteiger charge is 2.25. The number of para-hydroxylation sites is 1. The van der Waals surface area contributed by atoms with E-state index in [1.807, 2.05) is 12.1 Å². The standard InChI is InChI=1S/C16H24N2O3/c1-2-13(12-19)17-6-8-18(9-7-17)14-4-3-5-15-16(14)21-11-10-20-15/h3-5,13,19H,2,6-12H2,1H3/t13-/m1/s1. The Kier molecular flexibility index (Phi) is 4.51. The number of benzene rings is 1. The quantitative estimate of drug-likeness (QED) is 0.907. The van der Waals surface area contributed by atoms with E-state index < -0.39 is 0 Å². The molecule has 0 radical (unpaired) electrons. The molecule has 0 saturated carbocycles. The molecule has 0 unspecified atom stereocenters. The van der Waals surface area contributed by atoms with Crippen molar-refractivity contribution < 1.29 is 14.6 Å². The van der Waals surface area contributed by atoms with E-state index in [0.29, 0.717) is 13.2 Å². The van der Waals surface area contributed by atoms with Crippen molar-refractivity contribution in [3.8, 4) is 11.5 Å². The summed E-state index contributed by atoms with van der Waals surface area (Å²) in [5.41, 5.74) is 1.13. The molecule has 116 valence electrons. The van der Waals surface area contributed by atoms with Crippen molar-refractivity contribution >= 4 is 5.69 Å². The first-order valence-corrected chi connectivity index (χ1v) is 7.82. The predicted molar refractivity (Wildman–Crippen MR) is 82.4 cm³/mol. The van der Waals surface area contributed by atoms with Crippen LogP contribution in [0.4, 0.5) is 5.69 Å². The van der Waals surface area contributed by atoms with Gasteiger partial charge in [0.05, 0.1) is 12.3 Å². The Morgan fingerprint density at radius 3 is 2.62 bits per heavy atom. The molecular formula is C16H24N2O3. The summed E-state index contributed by atoms with van der Waals surface area (Å²) in [4.78, 5) is 4.73. The van der Waals surface area contributed by atoms with Crippen molar-refractivity contribution in [2.75, 3.05) is 50.9 Å². The number of aliphatic hydroxyl groups excluding tert-OH is 1. The minimum Gasteiger partial charge on any atom is -0.486 e. The lowest BCUT2D eigenvalue weighted by Gasteiger charge is -2.40. The van der Waals surface area contributed by atoms with Crippen molar-refractivity contribution in [1.29, 1.82) is 0 Å². The van der Waals surface area contributed by atoms with E-state index in [9.17, 15) is 5.11 Å². The van der Waals surface area contributed by atoms with Crippen LogP contribution in [0.3, 0.4) is 0 Å². The molecule has 1 saturated heterocycles. The van der Waals surface area contributed by atoms with Crippen LogP contribution in [0.5, 0.6) is 11.5 Å². The molecule has 5 heteroatoms. The molecule has 21 heavy (non-hydrogen) atoms. The lowest BCUT2D eigenvalue weighted by Crippen LogP contribution is -2.51. The van der Waals surface area contributed by atoms with Crippen LogP contribution in [0.25, 0.3) is 0 Å². The molecular weight excluding hydrogens is 268 g/mol. The molecule has 2 aliphatic heterocycles. The number of hydrogen-bond acceptors (Lipinski definition) is 5. The third kappa shape index (κ3) is 2.94. The fourth-order valence-electron chi connectivity index (χ4n) is 3.14. The fourth-order valence-corrected chi connectivity index (χ4v) is 3.14. The molecule has 5 nitrogen and oxygen atoms in total. The van der Waals surface area contributed by atoms with Crippen LogP contribution in [0, 0.1) is 0 Å². The second kappa shape index (κ2) is 6.54. The number of rotatable bonds is 4. The number of aliphatic hydroxyl groups is 1. The van der Waals surface area contributed by atoms with E-state index in [4.69, 9.17) is 9.47 Å². The Hall–Kier alpha value is -1.46. The van der Waals surface area contributed by atoms with Gasteiger partial charge in [-0.15, -0.1) is 0 Å². The van der Waals surface area contributed by atoms with Gasteiger partial charge < -0.3 is 19.5 Å². The Balaban J connectivity index is 1.70. The Morgan fingerprint density at radius 1 is 1.14 bits per heavy atom. The third-order valence-electron chi connectivity index (χ3n) is 4.40. The maximum atomic E-state index is 9.43. The fraction of sp³-hybridized carbons (Fsp3) is 0.625. The van der Waals surface area contributed by atoms with E-state index in [2.05, 4.69) is 22.8 Å². The van der Waals surface area contributed by atoms with Crippen LogP contribution in [0.1, 0.15) is 13.3 Å². The maximum Gasteiger partial charge on any atom is 0.184 e. The van der Waals surface area contributed by atoms with Gasteiger partial charge in [0, 0.05) is 32.2 Å². The van der Waals surface area contributed by atoms with Gasteiger partial charge in [-0.2, -0.15) is 0 Å². The summed E-state index contributed by atoms with van der Waals surface area (Å²) >= 11 is 0.